The number of amides is 2. The largest absolute Gasteiger partial charge is 0.378 e. The number of hydrogen-bond donors (Lipinski definition) is 2. The van der Waals surface area contributed by atoms with E-state index >= 15 is 0 Å². The molecule has 1 fully saturated rings. The number of morpholine rings is 1. The van der Waals surface area contributed by atoms with Crippen molar-refractivity contribution in [2.75, 3.05) is 43.1 Å². The van der Waals surface area contributed by atoms with Crippen LogP contribution in [-0.4, -0.2) is 43.4 Å². The highest BCUT2D eigenvalue weighted by Crippen LogP contribution is 2.25. The first-order valence-electron chi connectivity index (χ1n) is 12.8. The van der Waals surface area contributed by atoms with Crippen LogP contribution in [0.2, 0.25) is 0 Å². The number of nitrogens with zero attached hydrogens (tertiary/aromatic N) is 3. The van der Waals surface area contributed by atoms with Crippen molar-refractivity contribution in [3.05, 3.63) is 94.6 Å². The molecule has 7 nitrogen and oxygen atoms in total. The van der Waals surface area contributed by atoms with E-state index in [9.17, 15) is 13.6 Å². The van der Waals surface area contributed by atoms with Crippen molar-refractivity contribution in [2.45, 2.75) is 13.0 Å². The Balaban J connectivity index is 1.31. The lowest BCUT2D eigenvalue weighted by atomic mass is 10.1. The second-order valence-corrected chi connectivity index (χ2v) is 9.87. The molecule has 1 aliphatic heterocycles. The molecule has 4 aromatic rings. The van der Waals surface area contributed by atoms with Crippen LogP contribution in [0.15, 0.2) is 83.2 Å². The topological polar surface area (TPSA) is 70.9 Å². The Kier molecular flexibility index (Phi) is 8.65. The van der Waals surface area contributed by atoms with Crippen LogP contribution in [0.5, 0.6) is 0 Å². The zero-order valence-electron chi connectivity index (χ0n) is 21.3. The van der Waals surface area contributed by atoms with Crippen LogP contribution in [0, 0.1) is 11.6 Å². The lowest BCUT2D eigenvalue weighted by Crippen LogP contribution is -2.36. The number of nitrogens with one attached hydrogen (secondary N) is 2. The van der Waals surface area contributed by atoms with E-state index < -0.39 is 0 Å². The Bertz CT molecular complexity index is 1450. The van der Waals surface area contributed by atoms with Gasteiger partial charge in [-0.05, 0) is 72.6 Å². The smallest absolute Gasteiger partial charge is 0.319 e. The van der Waals surface area contributed by atoms with E-state index in [-0.39, 0.29) is 17.7 Å². The molecule has 2 amide bonds. The van der Waals surface area contributed by atoms with Gasteiger partial charge in [-0.15, -0.1) is 11.3 Å². The number of halogens is 2. The second-order valence-electron chi connectivity index (χ2n) is 9.03. The minimum Gasteiger partial charge on any atom is -0.378 e. The highest BCUT2D eigenvalue weighted by atomic mass is 32.1. The quantitative estimate of drug-likeness (QED) is 0.274. The van der Waals surface area contributed by atoms with Gasteiger partial charge in [0.05, 0.1) is 24.6 Å². The van der Waals surface area contributed by atoms with E-state index in [0.717, 1.165) is 48.0 Å². The number of rotatable bonds is 8. The number of anilines is 2. The van der Waals surface area contributed by atoms with Crippen molar-refractivity contribution in [3.63, 3.8) is 0 Å². The first-order chi connectivity index (χ1) is 19.0. The van der Waals surface area contributed by atoms with Crippen molar-refractivity contribution < 1.29 is 18.3 Å². The Morgan fingerprint density at radius 1 is 0.923 bits per heavy atom. The molecule has 10 heteroatoms. The maximum absolute atomic E-state index is 13.4. The molecule has 2 N–H and O–H groups in total. The Morgan fingerprint density at radius 2 is 1.59 bits per heavy atom. The van der Waals surface area contributed by atoms with E-state index in [4.69, 9.17) is 9.73 Å². The van der Waals surface area contributed by atoms with Gasteiger partial charge in [-0.1, -0.05) is 12.1 Å². The predicted molar refractivity (Wildman–Crippen MR) is 150 cm³/mol. The van der Waals surface area contributed by atoms with Gasteiger partial charge >= 0.3 is 6.03 Å². The molecule has 5 rings (SSSR count). The number of urea groups is 1. The third-order valence-electron chi connectivity index (χ3n) is 6.33. The van der Waals surface area contributed by atoms with Crippen LogP contribution in [0.4, 0.5) is 30.6 Å². The molecule has 3 aromatic carbocycles. The monoisotopic (exact) mass is 549 g/mol. The Labute approximate surface area is 229 Å². The number of thiazole rings is 1. The van der Waals surface area contributed by atoms with E-state index in [1.807, 2.05) is 0 Å². The fraction of sp³-hybridized carbons (Fsp3) is 0.241. The van der Waals surface area contributed by atoms with Gasteiger partial charge < -0.3 is 24.8 Å². The van der Waals surface area contributed by atoms with E-state index in [1.165, 1.54) is 47.7 Å². The van der Waals surface area contributed by atoms with Crippen molar-refractivity contribution in [2.24, 2.45) is 4.99 Å². The molecule has 0 aliphatic carbocycles. The Morgan fingerprint density at radius 3 is 2.28 bits per heavy atom. The zero-order valence-corrected chi connectivity index (χ0v) is 22.1. The molecule has 0 unspecified atom stereocenters. The van der Waals surface area contributed by atoms with E-state index in [1.54, 1.807) is 12.1 Å². The minimum atomic E-state index is -0.359. The van der Waals surface area contributed by atoms with Crippen LogP contribution in [0.25, 0.3) is 11.3 Å². The third-order valence-corrected chi connectivity index (χ3v) is 7.20. The molecule has 1 aliphatic rings. The van der Waals surface area contributed by atoms with Crippen LogP contribution in [0.1, 0.15) is 6.42 Å². The van der Waals surface area contributed by atoms with Gasteiger partial charge in [0.15, 0.2) is 4.80 Å². The molecule has 1 saturated heterocycles. The summed E-state index contributed by atoms with van der Waals surface area (Å²) in [6.07, 6.45) is 0.656. The summed E-state index contributed by atoms with van der Waals surface area (Å²) in [5.41, 5.74) is 4.43. The summed E-state index contributed by atoms with van der Waals surface area (Å²) in [5, 5.41) is 7.61. The molecule has 1 aromatic heterocycles. The zero-order chi connectivity index (χ0) is 27.0. The molecule has 0 bridgehead atoms. The SMILES string of the molecule is O=C(NCCCn1c(-c2ccc(N3CCOCC3)cc2)csc1=Nc1ccc(F)cc1)Nc1ccc(F)cc1. The third kappa shape index (κ3) is 7.10. The maximum atomic E-state index is 13.4. The van der Waals surface area contributed by atoms with Gasteiger partial charge in [0, 0.05) is 42.9 Å². The normalized spacial score (nSPS) is 13.9. The number of carbonyl (C=O) groups excluding carboxylic acids is 1. The van der Waals surface area contributed by atoms with Crippen molar-refractivity contribution in [1.82, 2.24) is 9.88 Å². The molecule has 0 radical (unpaired) electrons. The summed E-state index contributed by atoms with van der Waals surface area (Å²) in [4.78, 5) is 20.1. The minimum absolute atomic E-state index is 0.306. The number of ether oxygens (including phenoxy) is 1. The average Bonchev–Trinajstić information content (AvgIpc) is 3.36. The van der Waals surface area contributed by atoms with Gasteiger partial charge in [0.2, 0.25) is 0 Å². The van der Waals surface area contributed by atoms with Gasteiger partial charge in [-0.2, -0.15) is 0 Å². The summed E-state index contributed by atoms with van der Waals surface area (Å²) in [6, 6.07) is 19.8. The number of benzene rings is 3. The molecular weight excluding hydrogens is 520 g/mol. The van der Waals surface area contributed by atoms with Gasteiger partial charge in [-0.3, -0.25) is 0 Å². The fourth-order valence-corrected chi connectivity index (χ4v) is 5.26. The number of aromatic nitrogens is 1. The van der Waals surface area contributed by atoms with Crippen molar-refractivity contribution in [1.29, 1.82) is 0 Å². The number of carbonyl (C=O) groups is 1. The fourth-order valence-electron chi connectivity index (χ4n) is 4.30. The number of hydrogen-bond acceptors (Lipinski definition) is 5. The van der Waals surface area contributed by atoms with Crippen LogP contribution in [0.3, 0.4) is 0 Å². The van der Waals surface area contributed by atoms with Crippen LogP contribution < -0.4 is 20.3 Å². The summed E-state index contributed by atoms with van der Waals surface area (Å²) in [7, 11) is 0. The van der Waals surface area contributed by atoms with Gasteiger partial charge in [0.1, 0.15) is 11.6 Å². The molecule has 39 heavy (non-hydrogen) atoms. The highest BCUT2D eigenvalue weighted by molar-refractivity contribution is 7.07. The molecule has 2 heterocycles. The van der Waals surface area contributed by atoms with E-state index in [2.05, 4.69) is 49.7 Å². The molecule has 0 spiro atoms. The lowest BCUT2D eigenvalue weighted by Gasteiger charge is -2.28. The van der Waals surface area contributed by atoms with E-state index in [0.29, 0.717) is 30.9 Å². The predicted octanol–water partition coefficient (Wildman–Crippen LogP) is 5.78. The summed E-state index contributed by atoms with van der Waals surface area (Å²) < 4.78 is 34.1. The van der Waals surface area contributed by atoms with Gasteiger partial charge in [0.25, 0.3) is 0 Å². The summed E-state index contributed by atoms with van der Waals surface area (Å²) in [5.74, 6) is -0.666. The summed E-state index contributed by atoms with van der Waals surface area (Å²) >= 11 is 1.51. The van der Waals surface area contributed by atoms with Crippen LogP contribution in [-0.2, 0) is 11.3 Å². The molecular formula is C29H29F2N5O2S. The first kappa shape index (κ1) is 26.6. The lowest BCUT2D eigenvalue weighted by molar-refractivity contribution is 0.122. The summed E-state index contributed by atoms with van der Waals surface area (Å²) in [6.45, 7) is 4.26. The first-order valence-corrected chi connectivity index (χ1v) is 13.7. The average molecular weight is 550 g/mol. The maximum Gasteiger partial charge on any atom is 0.319 e. The second kappa shape index (κ2) is 12.7. The van der Waals surface area contributed by atoms with Crippen molar-refractivity contribution >= 4 is 34.4 Å². The Hall–Kier alpha value is -4.02. The molecule has 202 valence electrons. The van der Waals surface area contributed by atoms with Gasteiger partial charge in [-0.25, -0.2) is 18.6 Å². The van der Waals surface area contributed by atoms with Crippen molar-refractivity contribution in [3.8, 4) is 11.3 Å². The highest BCUT2D eigenvalue weighted by Gasteiger charge is 2.13. The van der Waals surface area contributed by atoms with Crippen LogP contribution >= 0.6 is 11.3 Å². The molecule has 0 saturated carbocycles. The molecule has 0 atom stereocenters. The standard InChI is InChI=1S/C29H29F2N5O2S/c30-22-4-8-24(9-5-22)33-28(37)32-14-1-15-36-27(20-39-29(36)34-25-10-6-23(31)7-11-25)21-2-12-26(13-3-21)35-16-18-38-19-17-35/h2-13,20H,1,14-19H2,(H2,32,33,37).